The molecular formula is C29H30ClN5O5. The molecule has 0 saturated carbocycles. The predicted molar refractivity (Wildman–Crippen MR) is 149 cm³/mol. The SMILES string of the molecule is COc1cccc(C2OC(CCn3nnc(CC(=O)O)n3)c3cc(C=C(C)C)cn3-c3ccc(Cl)cc32)c1OC. The van der Waals surface area contributed by atoms with Crippen LogP contribution >= 0.6 is 11.6 Å². The summed E-state index contributed by atoms with van der Waals surface area (Å²) in [6, 6.07) is 13.6. The van der Waals surface area contributed by atoms with Gasteiger partial charge in [0.15, 0.2) is 17.3 Å². The van der Waals surface area contributed by atoms with Gasteiger partial charge in [0.05, 0.1) is 32.1 Å². The first-order chi connectivity index (χ1) is 19.3. The molecule has 0 bridgehead atoms. The zero-order valence-electron chi connectivity index (χ0n) is 22.7. The lowest BCUT2D eigenvalue weighted by molar-refractivity contribution is -0.136. The fourth-order valence-electron chi connectivity index (χ4n) is 5.02. The number of halogens is 1. The van der Waals surface area contributed by atoms with Gasteiger partial charge in [-0.2, -0.15) is 4.80 Å². The lowest BCUT2D eigenvalue weighted by atomic mass is 9.98. The Hall–Kier alpha value is -4.15. The molecule has 208 valence electrons. The summed E-state index contributed by atoms with van der Waals surface area (Å²) in [6.07, 6.45) is 3.47. The number of hydrogen-bond acceptors (Lipinski definition) is 7. The molecule has 0 aliphatic carbocycles. The van der Waals surface area contributed by atoms with Crippen LogP contribution in [0.1, 0.15) is 60.7 Å². The smallest absolute Gasteiger partial charge is 0.311 e. The van der Waals surface area contributed by atoms with E-state index in [2.05, 4.69) is 52.2 Å². The van der Waals surface area contributed by atoms with Crippen LogP contribution in [0.5, 0.6) is 11.5 Å². The molecule has 10 nitrogen and oxygen atoms in total. The summed E-state index contributed by atoms with van der Waals surface area (Å²) >= 11 is 6.53. The third-order valence-electron chi connectivity index (χ3n) is 6.60. The van der Waals surface area contributed by atoms with E-state index in [-0.39, 0.29) is 12.2 Å². The van der Waals surface area contributed by atoms with Gasteiger partial charge in [0.25, 0.3) is 0 Å². The number of fused-ring (bicyclic) bond motifs is 3. The van der Waals surface area contributed by atoms with E-state index >= 15 is 0 Å². The van der Waals surface area contributed by atoms with Gasteiger partial charge in [-0.05, 0) is 55.0 Å². The zero-order chi connectivity index (χ0) is 28.4. The summed E-state index contributed by atoms with van der Waals surface area (Å²) in [5, 5.41) is 21.8. The molecule has 2 aromatic heterocycles. The van der Waals surface area contributed by atoms with Gasteiger partial charge < -0.3 is 23.9 Å². The molecule has 2 unspecified atom stereocenters. The number of ether oxygens (including phenoxy) is 3. The molecule has 2 atom stereocenters. The zero-order valence-corrected chi connectivity index (χ0v) is 23.4. The van der Waals surface area contributed by atoms with Crippen molar-refractivity contribution in [3.63, 3.8) is 0 Å². The first-order valence-electron chi connectivity index (χ1n) is 12.8. The van der Waals surface area contributed by atoms with E-state index < -0.39 is 18.2 Å². The molecule has 11 heteroatoms. The molecule has 1 aliphatic heterocycles. The molecule has 40 heavy (non-hydrogen) atoms. The lowest BCUT2D eigenvalue weighted by Gasteiger charge is -2.25. The highest BCUT2D eigenvalue weighted by Crippen LogP contribution is 2.46. The summed E-state index contributed by atoms with van der Waals surface area (Å²) in [4.78, 5) is 12.5. The quantitative estimate of drug-likeness (QED) is 0.286. The van der Waals surface area contributed by atoms with Crippen LogP contribution in [0, 0.1) is 0 Å². The van der Waals surface area contributed by atoms with Crippen molar-refractivity contribution in [3.05, 3.63) is 87.5 Å². The minimum Gasteiger partial charge on any atom is -0.493 e. The Morgan fingerprint density at radius 1 is 1.15 bits per heavy atom. The lowest BCUT2D eigenvalue weighted by Crippen LogP contribution is -2.15. The molecule has 0 radical (unpaired) electrons. The number of aliphatic carboxylic acids is 1. The number of carboxylic acid groups (broad SMARTS) is 1. The van der Waals surface area contributed by atoms with Crippen molar-refractivity contribution in [1.82, 2.24) is 24.8 Å². The number of para-hydroxylation sites is 1. The third kappa shape index (κ3) is 5.59. The first kappa shape index (κ1) is 27.4. The fraction of sp³-hybridized carbons (Fsp3) is 0.310. The highest BCUT2D eigenvalue weighted by molar-refractivity contribution is 6.30. The summed E-state index contributed by atoms with van der Waals surface area (Å²) in [7, 11) is 3.21. The number of rotatable bonds is 9. The minimum atomic E-state index is -1.01. The van der Waals surface area contributed by atoms with E-state index in [4.69, 9.17) is 30.9 Å². The second-order valence-electron chi connectivity index (χ2n) is 9.74. The molecular weight excluding hydrogens is 534 g/mol. The van der Waals surface area contributed by atoms with Crippen LogP contribution < -0.4 is 9.47 Å². The van der Waals surface area contributed by atoms with E-state index in [0.717, 1.165) is 28.1 Å². The van der Waals surface area contributed by atoms with Crippen LogP contribution in [0.4, 0.5) is 0 Å². The Labute approximate surface area is 236 Å². The highest BCUT2D eigenvalue weighted by atomic mass is 35.5. The molecule has 1 N–H and O–H groups in total. The molecule has 5 rings (SSSR count). The fourth-order valence-corrected chi connectivity index (χ4v) is 5.20. The number of hydrogen-bond donors (Lipinski definition) is 1. The summed E-state index contributed by atoms with van der Waals surface area (Å²) in [5.41, 5.74) is 5.79. The Balaban J connectivity index is 1.62. The average Bonchev–Trinajstić information content (AvgIpc) is 3.51. The van der Waals surface area contributed by atoms with E-state index in [0.29, 0.717) is 29.5 Å². The van der Waals surface area contributed by atoms with Gasteiger partial charge in [-0.15, -0.1) is 10.2 Å². The van der Waals surface area contributed by atoms with Crippen molar-refractivity contribution >= 4 is 23.6 Å². The van der Waals surface area contributed by atoms with Crippen molar-refractivity contribution < 1.29 is 24.1 Å². The molecule has 0 spiro atoms. The second kappa shape index (κ2) is 11.5. The summed E-state index contributed by atoms with van der Waals surface area (Å²) in [6.45, 7) is 4.47. The number of tetrazole rings is 1. The monoisotopic (exact) mass is 563 g/mol. The van der Waals surface area contributed by atoms with Crippen molar-refractivity contribution in [2.24, 2.45) is 0 Å². The van der Waals surface area contributed by atoms with Crippen molar-refractivity contribution in [2.75, 3.05) is 14.2 Å². The maximum absolute atomic E-state index is 11.1. The van der Waals surface area contributed by atoms with Crippen LogP contribution in [0.25, 0.3) is 11.8 Å². The number of nitrogens with zero attached hydrogens (tertiary/aromatic N) is 5. The summed E-state index contributed by atoms with van der Waals surface area (Å²) in [5.74, 6) is 0.316. The number of methoxy groups -OCH3 is 2. The first-order valence-corrected chi connectivity index (χ1v) is 13.2. The summed E-state index contributed by atoms with van der Waals surface area (Å²) < 4.78 is 20.5. The van der Waals surface area contributed by atoms with Gasteiger partial charge in [-0.1, -0.05) is 35.4 Å². The van der Waals surface area contributed by atoms with Gasteiger partial charge in [-0.3, -0.25) is 4.79 Å². The predicted octanol–water partition coefficient (Wildman–Crippen LogP) is 5.44. The maximum Gasteiger partial charge on any atom is 0.311 e. The number of allylic oxidation sites excluding steroid dienone is 1. The van der Waals surface area contributed by atoms with E-state index in [1.165, 1.54) is 10.4 Å². The number of carbonyl (C=O) groups is 1. The Bertz CT molecular complexity index is 1570. The largest absolute Gasteiger partial charge is 0.493 e. The number of carboxylic acids is 1. The van der Waals surface area contributed by atoms with Crippen LogP contribution in [0.2, 0.25) is 5.02 Å². The molecule has 0 fully saturated rings. The maximum atomic E-state index is 11.1. The molecule has 1 aliphatic rings. The van der Waals surface area contributed by atoms with Crippen LogP contribution in [0.3, 0.4) is 0 Å². The molecule has 3 heterocycles. The third-order valence-corrected chi connectivity index (χ3v) is 6.83. The van der Waals surface area contributed by atoms with Gasteiger partial charge >= 0.3 is 5.97 Å². The Morgan fingerprint density at radius 2 is 1.98 bits per heavy atom. The normalized spacial score (nSPS) is 16.0. The topological polar surface area (TPSA) is 114 Å². The molecule has 0 amide bonds. The van der Waals surface area contributed by atoms with Gasteiger partial charge in [0, 0.05) is 28.8 Å². The van der Waals surface area contributed by atoms with Crippen molar-refractivity contribution in [1.29, 1.82) is 0 Å². The molecule has 0 saturated heterocycles. The van der Waals surface area contributed by atoms with E-state index in [9.17, 15) is 4.79 Å². The van der Waals surface area contributed by atoms with E-state index in [1.807, 2.05) is 36.4 Å². The Morgan fingerprint density at radius 3 is 2.70 bits per heavy atom. The Kier molecular flexibility index (Phi) is 7.90. The van der Waals surface area contributed by atoms with Crippen molar-refractivity contribution in [2.45, 2.75) is 45.4 Å². The van der Waals surface area contributed by atoms with Gasteiger partial charge in [-0.25, -0.2) is 0 Å². The molecule has 2 aromatic carbocycles. The van der Waals surface area contributed by atoms with Crippen LogP contribution in [0.15, 0.2) is 54.2 Å². The number of benzene rings is 2. The van der Waals surface area contributed by atoms with Crippen molar-refractivity contribution in [3.8, 4) is 17.2 Å². The van der Waals surface area contributed by atoms with E-state index in [1.54, 1.807) is 14.2 Å². The van der Waals surface area contributed by atoms with Gasteiger partial charge in [0.1, 0.15) is 18.6 Å². The van der Waals surface area contributed by atoms with Gasteiger partial charge in [0.2, 0.25) is 0 Å². The molecule has 4 aromatic rings. The number of aromatic nitrogens is 5. The number of aryl methyl sites for hydroxylation is 1. The second-order valence-corrected chi connectivity index (χ2v) is 10.2. The highest BCUT2D eigenvalue weighted by Gasteiger charge is 2.33. The van der Waals surface area contributed by atoms with Crippen LogP contribution in [-0.2, 0) is 22.5 Å². The van der Waals surface area contributed by atoms with Crippen LogP contribution in [-0.4, -0.2) is 50.1 Å². The minimum absolute atomic E-state index is 0.157. The average molecular weight is 564 g/mol. The standard InChI is InChI=1S/C29H30ClN5O5/c1-17(2)12-18-13-23-24(10-11-35-32-26(31-33-35)15-27(36)37)40-28(20-6-5-7-25(38-3)29(20)39-4)21-14-19(30)8-9-22(21)34(23)16-18/h5-9,12-14,16,24,28H,10-11,15H2,1-4H3,(H,36,37).